The number of rotatable bonds is 2. The summed E-state index contributed by atoms with van der Waals surface area (Å²) in [5.74, 6) is 2.64. The predicted molar refractivity (Wildman–Crippen MR) is 91.2 cm³/mol. The number of hydrogen-bond donors (Lipinski definition) is 0. The van der Waals surface area contributed by atoms with Gasteiger partial charge in [-0.25, -0.2) is 0 Å². The molecule has 0 unspecified atom stereocenters. The summed E-state index contributed by atoms with van der Waals surface area (Å²) in [6.45, 7) is 4.38. The maximum Gasteiger partial charge on any atom is 0.265 e. The molecule has 1 amide bonds. The Balaban J connectivity index is 1.50. The smallest absolute Gasteiger partial charge is 0.265 e. The first kappa shape index (κ1) is 15.7. The third-order valence-corrected chi connectivity index (χ3v) is 5.74. The molecule has 1 saturated heterocycles. The molecule has 4 heterocycles. The van der Waals surface area contributed by atoms with Crippen molar-refractivity contribution in [3.05, 3.63) is 28.2 Å². The highest BCUT2D eigenvalue weighted by Gasteiger charge is 2.28. The summed E-state index contributed by atoms with van der Waals surface area (Å²) < 4.78 is 2.25. The fourth-order valence-electron chi connectivity index (χ4n) is 3.70. The molecule has 2 aliphatic rings. The van der Waals surface area contributed by atoms with Crippen LogP contribution >= 0.6 is 11.3 Å². The van der Waals surface area contributed by atoms with Crippen LogP contribution < -0.4 is 0 Å². The molecule has 24 heavy (non-hydrogen) atoms. The Bertz CT molecular complexity index is 712. The second-order valence-corrected chi connectivity index (χ2v) is 7.52. The van der Waals surface area contributed by atoms with Gasteiger partial charge in [-0.3, -0.25) is 9.78 Å². The summed E-state index contributed by atoms with van der Waals surface area (Å²) in [6.07, 6.45) is 4.80. The van der Waals surface area contributed by atoms with E-state index in [1.165, 1.54) is 24.2 Å². The maximum atomic E-state index is 12.6. The van der Waals surface area contributed by atoms with Gasteiger partial charge >= 0.3 is 0 Å². The SMILES string of the molecule is CN1CCC[C@@H](c2nnc3n2CCN(C(=O)c2cncs2)CC3)C1. The highest BCUT2D eigenvalue weighted by Crippen LogP contribution is 2.26. The van der Waals surface area contributed by atoms with Crippen molar-refractivity contribution in [2.24, 2.45) is 0 Å². The molecule has 0 spiro atoms. The molecule has 7 nitrogen and oxygen atoms in total. The summed E-state index contributed by atoms with van der Waals surface area (Å²) in [7, 11) is 2.17. The van der Waals surface area contributed by atoms with E-state index < -0.39 is 0 Å². The average Bonchev–Trinajstić information content (AvgIpc) is 3.21. The fraction of sp³-hybridized carbons (Fsp3) is 0.625. The molecule has 2 aliphatic heterocycles. The number of thiazole rings is 1. The molecule has 2 aromatic heterocycles. The van der Waals surface area contributed by atoms with Gasteiger partial charge < -0.3 is 14.4 Å². The van der Waals surface area contributed by atoms with E-state index in [-0.39, 0.29) is 5.91 Å². The van der Waals surface area contributed by atoms with Gasteiger partial charge in [0.05, 0.1) is 11.7 Å². The third-order valence-electron chi connectivity index (χ3n) is 4.97. The van der Waals surface area contributed by atoms with Crippen molar-refractivity contribution >= 4 is 17.2 Å². The van der Waals surface area contributed by atoms with Crippen molar-refractivity contribution in [1.29, 1.82) is 0 Å². The Kier molecular flexibility index (Phi) is 4.32. The second-order valence-electron chi connectivity index (χ2n) is 6.64. The van der Waals surface area contributed by atoms with E-state index in [1.807, 2.05) is 4.90 Å². The van der Waals surface area contributed by atoms with Crippen LogP contribution in [-0.2, 0) is 13.0 Å². The summed E-state index contributed by atoms with van der Waals surface area (Å²) in [6, 6.07) is 0. The molecule has 128 valence electrons. The van der Waals surface area contributed by atoms with Gasteiger partial charge in [0.2, 0.25) is 0 Å². The molecule has 0 radical (unpaired) electrons. The zero-order valence-electron chi connectivity index (χ0n) is 13.9. The Hall–Kier alpha value is -1.80. The molecule has 8 heteroatoms. The number of piperidine rings is 1. The molecular weight excluding hydrogens is 324 g/mol. The number of carbonyl (C=O) groups is 1. The van der Waals surface area contributed by atoms with Crippen molar-refractivity contribution in [3.63, 3.8) is 0 Å². The van der Waals surface area contributed by atoms with Crippen molar-refractivity contribution in [2.75, 3.05) is 33.2 Å². The van der Waals surface area contributed by atoms with Crippen molar-refractivity contribution in [2.45, 2.75) is 31.7 Å². The van der Waals surface area contributed by atoms with Crippen molar-refractivity contribution in [3.8, 4) is 0 Å². The quantitative estimate of drug-likeness (QED) is 0.818. The van der Waals surface area contributed by atoms with E-state index in [2.05, 4.69) is 31.7 Å². The van der Waals surface area contributed by atoms with Crippen LogP contribution in [0, 0.1) is 0 Å². The fourth-order valence-corrected chi connectivity index (χ4v) is 4.29. The standard InChI is InChI=1S/C16H22N6OS/c1-20-5-2-3-12(10-20)15-19-18-14-4-6-21(7-8-22(14)15)16(23)13-9-17-11-24-13/h9,11-12H,2-8,10H2,1H3/t12-/m1/s1. The zero-order valence-corrected chi connectivity index (χ0v) is 14.7. The van der Waals surface area contributed by atoms with Gasteiger partial charge in [0.15, 0.2) is 0 Å². The molecule has 0 aromatic carbocycles. The predicted octanol–water partition coefficient (Wildman–Crippen LogP) is 1.24. The van der Waals surface area contributed by atoms with Gasteiger partial charge in [-0.05, 0) is 26.4 Å². The van der Waals surface area contributed by atoms with Crippen LogP contribution in [0.1, 0.15) is 40.1 Å². The minimum atomic E-state index is 0.0789. The first-order valence-electron chi connectivity index (χ1n) is 8.50. The largest absolute Gasteiger partial charge is 0.336 e. The monoisotopic (exact) mass is 346 g/mol. The average molecular weight is 346 g/mol. The highest BCUT2D eigenvalue weighted by atomic mass is 32.1. The number of aromatic nitrogens is 4. The lowest BCUT2D eigenvalue weighted by molar-refractivity contribution is 0.0763. The number of amides is 1. The lowest BCUT2D eigenvalue weighted by Gasteiger charge is -2.29. The summed E-state index contributed by atoms with van der Waals surface area (Å²) in [5.41, 5.74) is 1.71. The molecule has 0 bridgehead atoms. The van der Waals surface area contributed by atoms with E-state index in [9.17, 15) is 4.79 Å². The molecule has 4 rings (SSSR count). The van der Waals surface area contributed by atoms with Gasteiger partial charge in [-0.1, -0.05) is 0 Å². The normalized spacial score (nSPS) is 22.2. The summed E-state index contributed by atoms with van der Waals surface area (Å²) in [4.78, 5) is 21.6. The molecule has 0 saturated carbocycles. The highest BCUT2D eigenvalue weighted by molar-refractivity contribution is 7.11. The molecule has 1 fully saturated rings. The van der Waals surface area contributed by atoms with E-state index in [4.69, 9.17) is 0 Å². The molecule has 1 atom stereocenters. The van der Waals surface area contributed by atoms with Crippen LogP contribution in [0.3, 0.4) is 0 Å². The van der Waals surface area contributed by atoms with Gasteiger partial charge in [0.25, 0.3) is 5.91 Å². The van der Waals surface area contributed by atoms with Crippen LogP contribution in [-0.4, -0.2) is 68.7 Å². The van der Waals surface area contributed by atoms with Crippen LogP contribution in [0.2, 0.25) is 0 Å². The summed E-state index contributed by atoms with van der Waals surface area (Å²) >= 11 is 1.40. The Morgan fingerprint density at radius 1 is 1.25 bits per heavy atom. The molecule has 0 N–H and O–H groups in total. The van der Waals surface area contributed by atoms with E-state index in [0.717, 1.165) is 37.7 Å². The number of carbonyl (C=O) groups excluding carboxylic acids is 1. The number of nitrogens with zero attached hydrogens (tertiary/aromatic N) is 6. The van der Waals surface area contributed by atoms with Crippen molar-refractivity contribution < 1.29 is 4.79 Å². The number of hydrogen-bond acceptors (Lipinski definition) is 6. The zero-order chi connectivity index (χ0) is 16.5. The van der Waals surface area contributed by atoms with Gasteiger partial charge in [-0.2, -0.15) is 0 Å². The molecule has 2 aromatic rings. The van der Waals surface area contributed by atoms with E-state index in [1.54, 1.807) is 11.7 Å². The minimum absolute atomic E-state index is 0.0789. The van der Waals surface area contributed by atoms with E-state index >= 15 is 0 Å². The number of likely N-dealkylation sites (tertiary alicyclic amines) is 1. The Labute approximate surface area is 145 Å². The van der Waals surface area contributed by atoms with E-state index in [0.29, 0.717) is 23.9 Å². The van der Waals surface area contributed by atoms with Gasteiger partial charge in [-0.15, -0.1) is 21.5 Å². The molecule has 0 aliphatic carbocycles. The lowest BCUT2D eigenvalue weighted by atomic mass is 9.97. The first-order valence-corrected chi connectivity index (χ1v) is 9.38. The third kappa shape index (κ3) is 2.95. The van der Waals surface area contributed by atoms with Gasteiger partial charge in [0, 0.05) is 38.5 Å². The van der Waals surface area contributed by atoms with Crippen LogP contribution in [0.25, 0.3) is 0 Å². The summed E-state index contributed by atoms with van der Waals surface area (Å²) in [5, 5.41) is 8.91. The lowest BCUT2D eigenvalue weighted by Crippen LogP contribution is -2.34. The molecular formula is C16H22N6OS. The van der Waals surface area contributed by atoms with Crippen LogP contribution in [0.4, 0.5) is 0 Å². The number of likely N-dealkylation sites (N-methyl/N-ethyl adjacent to an activating group) is 1. The minimum Gasteiger partial charge on any atom is -0.336 e. The Morgan fingerprint density at radius 2 is 2.17 bits per heavy atom. The second kappa shape index (κ2) is 6.60. The van der Waals surface area contributed by atoms with Crippen LogP contribution in [0.5, 0.6) is 0 Å². The first-order chi connectivity index (χ1) is 11.7. The Morgan fingerprint density at radius 3 is 2.96 bits per heavy atom. The maximum absolute atomic E-state index is 12.6. The topological polar surface area (TPSA) is 67.2 Å². The van der Waals surface area contributed by atoms with Crippen LogP contribution in [0.15, 0.2) is 11.7 Å². The van der Waals surface area contributed by atoms with Crippen molar-refractivity contribution in [1.82, 2.24) is 29.5 Å². The number of fused-ring (bicyclic) bond motifs is 1. The van der Waals surface area contributed by atoms with Gasteiger partial charge in [0.1, 0.15) is 16.5 Å².